The number of anilines is 1. The van der Waals surface area contributed by atoms with Crippen LogP contribution in [0, 0.1) is 5.92 Å². The van der Waals surface area contributed by atoms with Crippen LogP contribution in [0.25, 0.3) is 11.0 Å². The number of nitrogens with zero attached hydrogens (tertiary/aromatic N) is 2. The molecule has 14 heteroatoms. The normalized spacial score (nSPS) is 18.2. The number of nitrogens with one attached hydrogen (secondary N) is 3. The molecular formula is C31H30F3N5O6. The third-order valence-corrected chi connectivity index (χ3v) is 7.61. The molecule has 0 saturated carbocycles. The average molecular weight is 626 g/mol. The maximum Gasteiger partial charge on any atom is 0.490 e. The second kappa shape index (κ2) is 13.0. The van der Waals surface area contributed by atoms with Crippen LogP contribution in [0.5, 0.6) is 0 Å². The second-order valence-electron chi connectivity index (χ2n) is 10.6. The van der Waals surface area contributed by atoms with E-state index in [1.807, 2.05) is 36.4 Å². The topological polar surface area (TPSA) is 157 Å². The number of H-pyrrole nitrogens is 1. The van der Waals surface area contributed by atoms with Crippen molar-refractivity contribution in [1.29, 1.82) is 0 Å². The molecule has 3 heterocycles. The van der Waals surface area contributed by atoms with Crippen molar-refractivity contribution in [3.63, 3.8) is 0 Å². The minimum absolute atomic E-state index is 0.238. The van der Waals surface area contributed by atoms with Gasteiger partial charge in [-0.3, -0.25) is 15.0 Å². The van der Waals surface area contributed by atoms with Gasteiger partial charge in [0.1, 0.15) is 0 Å². The predicted octanol–water partition coefficient (Wildman–Crippen LogP) is 4.59. The van der Waals surface area contributed by atoms with E-state index in [0.717, 1.165) is 31.5 Å². The average Bonchev–Trinajstić information content (AvgIpc) is 3.53. The summed E-state index contributed by atoms with van der Waals surface area (Å²) in [5.41, 5.74) is 1.96. The standard InChI is InChI=1S/C29H29N5O4.C2HF3O2/c35-26-22-8-4-5-9-23(22)29(37,34(26)17-19-6-2-1-3-7-19)21-10-11-24-25(16-21)32-27(31-24)33-28(36)38-18-20-12-14-30-15-13-20;3-2(4,5)1(6)7/h1-11,16,20,30,37H,12-15,17-18H2,(H2,31,32,33,36);(H,6,7). The van der Waals surface area contributed by atoms with Gasteiger partial charge in [0.15, 0.2) is 5.72 Å². The van der Waals surface area contributed by atoms with Crippen LogP contribution in [-0.4, -0.2) is 68.9 Å². The number of amides is 2. The molecular weight excluding hydrogens is 595 g/mol. The maximum atomic E-state index is 13.4. The summed E-state index contributed by atoms with van der Waals surface area (Å²) >= 11 is 0. The molecule has 2 amide bonds. The number of carbonyl (C=O) groups is 3. The van der Waals surface area contributed by atoms with Crippen molar-refractivity contribution in [1.82, 2.24) is 20.2 Å². The summed E-state index contributed by atoms with van der Waals surface area (Å²) in [6, 6.07) is 22.0. The minimum Gasteiger partial charge on any atom is -0.475 e. The quantitative estimate of drug-likeness (QED) is 0.208. The highest BCUT2D eigenvalue weighted by molar-refractivity contribution is 6.00. The number of carboxylic acid groups (broad SMARTS) is 1. The van der Waals surface area contributed by atoms with E-state index in [4.69, 9.17) is 14.6 Å². The number of carboxylic acids is 1. The molecule has 1 unspecified atom stereocenters. The number of aliphatic carboxylic acids is 1. The number of rotatable bonds is 6. The van der Waals surface area contributed by atoms with Gasteiger partial charge in [-0.15, -0.1) is 0 Å². The first-order valence-electron chi connectivity index (χ1n) is 14.1. The molecule has 1 saturated heterocycles. The lowest BCUT2D eigenvalue weighted by Gasteiger charge is -2.35. The molecule has 11 nitrogen and oxygen atoms in total. The third kappa shape index (κ3) is 6.91. The first-order chi connectivity index (χ1) is 21.5. The van der Waals surface area contributed by atoms with E-state index in [2.05, 4.69) is 20.6 Å². The van der Waals surface area contributed by atoms with Crippen molar-refractivity contribution in [3.05, 3.63) is 95.1 Å². The highest BCUT2D eigenvalue weighted by Gasteiger charge is 2.49. The van der Waals surface area contributed by atoms with E-state index in [1.165, 1.54) is 4.90 Å². The number of benzene rings is 3. The van der Waals surface area contributed by atoms with Crippen LogP contribution in [0.15, 0.2) is 72.8 Å². The second-order valence-corrected chi connectivity index (χ2v) is 10.6. The van der Waals surface area contributed by atoms with Gasteiger partial charge >= 0.3 is 18.2 Å². The Bertz CT molecular complexity index is 1690. The molecule has 0 aliphatic carbocycles. The molecule has 2 aliphatic heterocycles. The molecule has 1 atom stereocenters. The largest absolute Gasteiger partial charge is 0.490 e. The van der Waals surface area contributed by atoms with Crippen LogP contribution in [0.2, 0.25) is 0 Å². The van der Waals surface area contributed by atoms with Crippen molar-refractivity contribution in [3.8, 4) is 0 Å². The molecule has 0 radical (unpaired) electrons. The summed E-state index contributed by atoms with van der Waals surface area (Å²) in [7, 11) is 0. The number of hydrogen-bond acceptors (Lipinski definition) is 7. The van der Waals surface area contributed by atoms with Gasteiger partial charge in [-0.25, -0.2) is 14.6 Å². The molecule has 1 aromatic heterocycles. The fourth-order valence-electron chi connectivity index (χ4n) is 5.34. The minimum atomic E-state index is -5.08. The summed E-state index contributed by atoms with van der Waals surface area (Å²) in [6.07, 6.45) is -3.68. The number of aliphatic hydroxyl groups is 1. The Morgan fingerprint density at radius 2 is 1.71 bits per heavy atom. The van der Waals surface area contributed by atoms with Gasteiger partial charge in [0.05, 0.1) is 17.6 Å². The molecule has 45 heavy (non-hydrogen) atoms. The van der Waals surface area contributed by atoms with E-state index in [0.29, 0.717) is 40.2 Å². The van der Waals surface area contributed by atoms with Gasteiger partial charge in [-0.05, 0) is 55.6 Å². The van der Waals surface area contributed by atoms with Gasteiger partial charge in [-0.1, -0.05) is 54.6 Å². The highest BCUT2D eigenvalue weighted by atomic mass is 19.4. The number of hydrogen-bond donors (Lipinski definition) is 5. The lowest BCUT2D eigenvalue weighted by atomic mass is 9.93. The lowest BCUT2D eigenvalue weighted by Crippen LogP contribution is -2.44. The molecule has 6 rings (SSSR count). The number of alkyl halides is 3. The van der Waals surface area contributed by atoms with Gasteiger partial charge in [-0.2, -0.15) is 13.2 Å². The van der Waals surface area contributed by atoms with Gasteiger partial charge in [0, 0.05) is 23.2 Å². The lowest BCUT2D eigenvalue weighted by molar-refractivity contribution is -0.192. The molecule has 0 spiro atoms. The Hall–Kier alpha value is -4.95. The summed E-state index contributed by atoms with van der Waals surface area (Å²) in [6.45, 7) is 2.48. The Morgan fingerprint density at radius 3 is 2.40 bits per heavy atom. The van der Waals surface area contributed by atoms with Crippen LogP contribution in [0.3, 0.4) is 0 Å². The van der Waals surface area contributed by atoms with Crippen molar-refractivity contribution >= 4 is 35.0 Å². The zero-order chi connectivity index (χ0) is 32.2. The zero-order valence-corrected chi connectivity index (χ0v) is 23.8. The first kappa shape index (κ1) is 31.5. The number of carbonyl (C=O) groups excluding carboxylic acids is 2. The molecule has 5 N–H and O–H groups in total. The Balaban J connectivity index is 0.000000515. The van der Waals surface area contributed by atoms with E-state index >= 15 is 0 Å². The van der Waals surface area contributed by atoms with E-state index < -0.39 is 24.0 Å². The van der Waals surface area contributed by atoms with Crippen molar-refractivity contribution < 1.29 is 42.5 Å². The van der Waals surface area contributed by atoms with Crippen LogP contribution in [0.1, 0.15) is 39.9 Å². The molecule has 3 aromatic carbocycles. The Kier molecular flexibility index (Phi) is 9.06. The monoisotopic (exact) mass is 625 g/mol. The van der Waals surface area contributed by atoms with E-state index in [1.54, 1.807) is 36.4 Å². The van der Waals surface area contributed by atoms with Gasteiger partial charge < -0.3 is 25.3 Å². The summed E-state index contributed by atoms with van der Waals surface area (Å²) < 4.78 is 37.1. The van der Waals surface area contributed by atoms with Crippen LogP contribution in [0.4, 0.5) is 23.9 Å². The van der Waals surface area contributed by atoms with E-state index in [9.17, 15) is 27.9 Å². The number of halogens is 3. The maximum absolute atomic E-state index is 13.4. The molecule has 236 valence electrons. The summed E-state index contributed by atoms with van der Waals surface area (Å²) in [5.74, 6) is -2.39. The Morgan fingerprint density at radius 1 is 1.04 bits per heavy atom. The van der Waals surface area contributed by atoms with Crippen LogP contribution in [-0.2, 0) is 21.8 Å². The number of aromatic nitrogens is 2. The number of aromatic amines is 1. The van der Waals surface area contributed by atoms with Crippen LogP contribution < -0.4 is 10.6 Å². The number of ether oxygens (including phenoxy) is 1. The van der Waals surface area contributed by atoms with Crippen LogP contribution >= 0.6 is 0 Å². The van der Waals surface area contributed by atoms with Crippen molar-refractivity contribution in [2.24, 2.45) is 5.92 Å². The van der Waals surface area contributed by atoms with Crippen molar-refractivity contribution in [2.75, 3.05) is 25.0 Å². The predicted molar refractivity (Wildman–Crippen MR) is 156 cm³/mol. The number of fused-ring (bicyclic) bond motifs is 2. The summed E-state index contributed by atoms with van der Waals surface area (Å²) in [5, 5.41) is 25.3. The molecule has 4 aromatic rings. The fraction of sp³-hybridized carbons (Fsp3) is 0.290. The first-order valence-corrected chi connectivity index (χ1v) is 14.1. The summed E-state index contributed by atoms with van der Waals surface area (Å²) in [4.78, 5) is 43.7. The Labute approximate surface area is 255 Å². The van der Waals surface area contributed by atoms with Gasteiger partial charge in [0.2, 0.25) is 5.95 Å². The third-order valence-electron chi connectivity index (χ3n) is 7.61. The number of piperidine rings is 1. The zero-order valence-electron chi connectivity index (χ0n) is 23.8. The highest BCUT2D eigenvalue weighted by Crippen LogP contribution is 2.43. The molecule has 2 aliphatic rings. The molecule has 1 fully saturated rings. The van der Waals surface area contributed by atoms with Crippen molar-refractivity contribution in [2.45, 2.75) is 31.3 Å². The SMILES string of the molecule is O=C(Nc1nc2ccc(C3(O)c4ccccc4C(=O)N3Cc3ccccc3)cc2[nH]1)OCC1CCNCC1.O=C(O)C(F)(F)F. The number of imidazole rings is 1. The van der Waals surface area contributed by atoms with Gasteiger partial charge in [0.25, 0.3) is 5.91 Å². The fourth-order valence-corrected chi connectivity index (χ4v) is 5.34. The smallest absolute Gasteiger partial charge is 0.475 e. The molecule has 0 bridgehead atoms. The van der Waals surface area contributed by atoms with E-state index in [-0.39, 0.29) is 18.4 Å².